The number of benzene rings is 1. The van der Waals surface area contributed by atoms with Gasteiger partial charge in [-0.1, -0.05) is 29.5 Å². The lowest BCUT2D eigenvalue weighted by atomic mass is 10.1. The fraction of sp³-hybridized carbons (Fsp3) is 0.190. The minimum atomic E-state index is -0.450. The van der Waals surface area contributed by atoms with Crippen LogP contribution in [0.3, 0.4) is 0 Å². The number of carbonyl (C=O) groups is 1. The fourth-order valence-electron chi connectivity index (χ4n) is 3.07. The quantitative estimate of drug-likeness (QED) is 0.381. The van der Waals surface area contributed by atoms with Gasteiger partial charge >= 0.3 is 5.97 Å². The SMILES string of the molecule is COC(=O)Cc1[nH]n(-c2nc3ccccc3s2)c(=O)c1C(C)=NCc1cccnc1. The molecule has 30 heavy (non-hydrogen) atoms. The van der Waals surface area contributed by atoms with Gasteiger partial charge in [-0.2, -0.15) is 4.68 Å². The molecule has 0 bridgehead atoms. The van der Waals surface area contributed by atoms with E-state index in [0.29, 0.717) is 28.6 Å². The zero-order valence-corrected chi connectivity index (χ0v) is 17.3. The second kappa shape index (κ2) is 8.42. The summed E-state index contributed by atoms with van der Waals surface area (Å²) in [6.07, 6.45) is 3.35. The second-order valence-electron chi connectivity index (χ2n) is 6.59. The molecule has 0 spiro atoms. The van der Waals surface area contributed by atoms with E-state index in [9.17, 15) is 9.59 Å². The summed E-state index contributed by atoms with van der Waals surface area (Å²) in [7, 11) is 1.31. The molecule has 0 radical (unpaired) electrons. The van der Waals surface area contributed by atoms with Crippen molar-refractivity contribution in [1.29, 1.82) is 0 Å². The van der Waals surface area contributed by atoms with Crippen LogP contribution < -0.4 is 5.56 Å². The van der Waals surface area contributed by atoms with Gasteiger partial charge in [-0.25, -0.2) is 4.98 Å². The van der Waals surface area contributed by atoms with Crippen molar-refractivity contribution in [2.75, 3.05) is 7.11 Å². The maximum Gasteiger partial charge on any atom is 0.311 e. The van der Waals surface area contributed by atoms with E-state index < -0.39 is 5.97 Å². The predicted molar refractivity (Wildman–Crippen MR) is 115 cm³/mol. The minimum Gasteiger partial charge on any atom is -0.469 e. The number of esters is 1. The number of methoxy groups -OCH3 is 1. The third-order valence-electron chi connectivity index (χ3n) is 4.57. The number of nitrogens with one attached hydrogen (secondary N) is 1. The van der Waals surface area contributed by atoms with E-state index in [0.717, 1.165) is 15.8 Å². The van der Waals surface area contributed by atoms with Crippen molar-refractivity contribution >= 4 is 33.2 Å². The van der Waals surface area contributed by atoms with Gasteiger partial charge in [0.15, 0.2) is 0 Å². The van der Waals surface area contributed by atoms with Crippen molar-refractivity contribution in [3.63, 3.8) is 0 Å². The van der Waals surface area contributed by atoms with Crippen molar-refractivity contribution in [3.05, 3.63) is 76.0 Å². The van der Waals surface area contributed by atoms with E-state index in [4.69, 9.17) is 4.74 Å². The molecule has 152 valence electrons. The van der Waals surface area contributed by atoms with Crippen LogP contribution in [0, 0.1) is 0 Å². The molecule has 0 aliphatic rings. The Kier molecular flexibility index (Phi) is 5.53. The third kappa shape index (κ3) is 3.92. The Morgan fingerprint density at radius 2 is 2.10 bits per heavy atom. The van der Waals surface area contributed by atoms with Crippen molar-refractivity contribution in [2.45, 2.75) is 19.9 Å². The highest BCUT2D eigenvalue weighted by Crippen LogP contribution is 2.24. The average Bonchev–Trinajstić information content (AvgIpc) is 3.33. The number of ether oxygens (including phenoxy) is 1. The summed E-state index contributed by atoms with van der Waals surface area (Å²) in [4.78, 5) is 38.3. The van der Waals surface area contributed by atoms with E-state index in [-0.39, 0.29) is 12.0 Å². The van der Waals surface area contributed by atoms with Gasteiger partial charge in [-0.15, -0.1) is 0 Å². The number of carbonyl (C=O) groups excluding carboxylic acids is 1. The van der Waals surface area contributed by atoms with Crippen LogP contribution in [0.4, 0.5) is 0 Å². The first-order valence-electron chi connectivity index (χ1n) is 9.24. The van der Waals surface area contributed by atoms with E-state index >= 15 is 0 Å². The summed E-state index contributed by atoms with van der Waals surface area (Å²) < 4.78 is 7.12. The summed E-state index contributed by atoms with van der Waals surface area (Å²) in [6.45, 7) is 2.13. The van der Waals surface area contributed by atoms with Gasteiger partial charge in [0.05, 0.1) is 41.5 Å². The number of thiazole rings is 1. The van der Waals surface area contributed by atoms with Crippen LogP contribution >= 0.6 is 11.3 Å². The number of para-hydroxylation sites is 1. The average molecular weight is 421 g/mol. The van der Waals surface area contributed by atoms with Crippen LogP contribution in [0.5, 0.6) is 0 Å². The van der Waals surface area contributed by atoms with Gasteiger partial charge in [0, 0.05) is 18.1 Å². The smallest absolute Gasteiger partial charge is 0.311 e. The Hall–Kier alpha value is -3.59. The molecule has 8 nitrogen and oxygen atoms in total. The number of aromatic nitrogens is 4. The molecule has 0 aliphatic carbocycles. The Morgan fingerprint density at radius 1 is 1.27 bits per heavy atom. The molecule has 0 aliphatic heterocycles. The molecule has 4 rings (SSSR count). The molecule has 0 amide bonds. The van der Waals surface area contributed by atoms with E-state index in [2.05, 4.69) is 20.1 Å². The minimum absolute atomic E-state index is 0.0707. The number of H-pyrrole nitrogens is 1. The molecular formula is C21H19N5O3S. The fourth-order valence-corrected chi connectivity index (χ4v) is 4.00. The topological polar surface area (TPSA) is 102 Å². The maximum absolute atomic E-state index is 13.2. The third-order valence-corrected chi connectivity index (χ3v) is 5.59. The molecule has 3 aromatic heterocycles. The lowest BCUT2D eigenvalue weighted by Crippen LogP contribution is -2.20. The lowest BCUT2D eigenvalue weighted by Gasteiger charge is -2.02. The summed E-state index contributed by atoms with van der Waals surface area (Å²) in [5.74, 6) is -0.450. The van der Waals surface area contributed by atoms with E-state index in [1.807, 2.05) is 36.4 Å². The summed E-state index contributed by atoms with van der Waals surface area (Å²) in [5, 5.41) is 3.53. The first kappa shape index (κ1) is 19.7. The summed E-state index contributed by atoms with van der Waals surface area (Å²) in [5.41, 5.74) is 2.74. The highest BCUT2D eigenvalue weighted by Gasteiger charge is 2.21. The maximum atomic E-state index is 13.2. The molecule has 4 aromatic rings. The van der Waals surface area contributed by atoms with Crippen LogP contribution in [0.25, 0.3) is 15.3 Å². The van der Waals surface area contributed by atoms with Gasteiger partial charge in [-0.05, 0) is 30.7 Å². The summed E-state index contributed by atoms with van der Waals surface area (Å²) in [6, 6.07) is 11.4. The number of aliphatic imine (C=N–C) groups is 1. The molecule has 1 N–H and O–H groups in total. The Morgan fingerprint density at radius 3 is 2.83 bits per heavy atom. The van der Waals surface area contributed by atoms with E-state index in [1.54, 1.807) is 19.3 Å². The number of rotatable bonds is 6. The first-order valence-corrected chi connectivity index (χ1v) is 10.1. The predicted octanol–water partition coefficient (Wildman–Crippen LogP) is 2.90. The molecule has 3 heterocycles. The second-order valence-corrected chi connectivity index (χ2v) is 7.60. The number of hydrogen-bond donors (Lipinski definition) is 1. The molecule has 1 aromatic carbocycles. The molecule has 0 saturated carbocycles. The normalized spacial score (nSPS) is 11.7. The highest BCUT2D eigenvalue weighted by molar-refractivity contribution is 7.20. The van der Waals surface area contributed by atoms with Crippen LogP contribution in [-0.2, 0) is 22.5 Å². The van der Waals surface area contributed by atoms with Crippen molar-refractivity contribution < 1.29 is 9.53 Å². The number of pyridine rings is 1. The van der Waals surface area contributed by atoms with Gasteiger partial charge in [0.25, 0.3) is 5.56 Å². The Balaban J connectivity index is 1.77. The van der Waals surface area contributed by atoms with Crippen molar-refractivity contribution in [2.24, 2.45) is 4.99 Å². The van der Waals surface area contributed by atoms with Crippen LogP contribution in [0.2, 0.25) is 0 Å². The molecule has 0 saturated heterocycles. The largest absolute Gasteiger partial charge is 0.469 e. The number of fused-ring (bicyclic) bond motifs is 1. The Labute approximate surface area is 175 Å². The zero-order valence-electron chi connectivity index (χ0n) is 16.5. The standard InChI is InChI=1S/C21H19N5O3S/c1-13(23-12-14-6-5-9-22-11-14)19-16(10-18(27)29-2)25-26(20(19)28)21-24-15-7-3-4-8-17(15)30-21/h3-9,11,25H,10,12H2,1-2H3. The molecular weight excluding hydrogens is 402 g/mol. The monoisotopic (exact) mass is 421 g/mol. The molecule has 9 heteroatoms. The van der Waals surface area contributed by atoms with Gasteiger partial charge < -0.3 is 4.74 Å². The van der Waals surface area contributed by atoms with Crippen LogP contribution in [0.1, 0.15) is 23.7 Å². The van der Waals surface area contributed by atoms with Gasteiger partial charge in [0.1, 0.15) is 0 Å². The summed E-state index contributed by atoms with van der Waals surface area (Å²) >= 11 is 1.39. The number of hydrogen-bond acceptors (Lipinski definition) is 7. The molecule has 0 atom stereocenters. The van der Waals surface area contributed by atoms with Crippen molar-refractivity contribution in [3.8, 4) is 5.13 Å². The molecule has 0 unspecified atom stereocenters. The number of nitrogens with zero attached hydrogens (tertiary/aromatic N) is 4. The van der Waals surface area contributed by atoms with Crippen molar-refractivity contribution in [1.82, 2.24) is 19.7 Å². The molecule has 0 fully saturated rings. The van der Waals surface area contributed by atoms with Gasteiger partial charge in [0.2, 0.25) is 5.13 Å². The van der Waals surface area contributed by atoms with Gasteiger partial charge in [-0.3, -0.25) is 24.7 Å². The number of aromatic amines is 1. The lowest BCUT2D eigenvalue weighted by molar-refractivity contribution is -0.139. The highest BCUT2D eigenvalue weighted by atomic mass is 32.1. The van der Waals surface area contributed by atoms with E-state index in [1.165, 1.54) is 23.1 Å². The zero-order chi connectivity index (χ0) is 21.1. The van der Waals surface area contributed by atoms with Crippen LogP contribution in [-0.4, -0.2) is 38.5 Å². The first-order chi connectivity index (χ1) is 14.6. The Bertz CT molecular complexity index is 1250. The van der Waals surface area contributed by atoms with Crippen LogP contribution in [0.15, 0.2) is 58.6 Å².